The molecular weight excluding hydrogens is 222 g/mol. The molecule has 1 fully saturated rings. The first-order chi connectivity index (χ1) is 3.50. The summed E-state index contributed by atoms with van der Waals surface area (Å²) in [5.74, 6) is 0. The van der Waals surface area contributed by atoms with Crippen molar-refractivity contribution in [1.82, 2.24) is 0 Å². The van der Waals surface area contributed by atoms with Gasteiger partial charge in [0, 0.05) is 21.5 Å². The lowest BCUT2D eigenvalue weighted by atomic mass is 10.4. The molecule has 0 heterocycles. The molecule has 1 rings (SSSR count). The minimum absolute atomic E-state index is 1.50. The summed E-state index contributed by atoms with van der Waals surface area (Å²) < 4.78 is 0. The van der Waals surface area contributed by atoms with Crippen LogP contribution in [-0.4, -0.2) is 0 Å². The molecule has 0 bridgehead atoms. The van der Waals surface area contributed by atoms with Crippen LogP contribution in [0.2, 0.25) is 0 Å². The molecule has 0 saturated heterocycles. The summed E-state index contributed by atoms with van der Waals surface area (Å²) in [7, 11) is 4.61. The lowest BCUT2D eigenvalue weighted by molar-refractivity contribution is 0.886. The lowest BCUT2D eigenvalue weighted by Gasteiger charge is -1.67. The third kappa shape index (κ3) is 4.88. The van der Waals surface area contributed by atoms with Gasteiger partial charge in [0.15, 0.2) is 0 Å². The van der Waals surface area contributed by atoms with E-state index in [4.69, 9.17) is 0 Å². The van der Waals surface area contributed by atoms with Crippen LogP contribution in [-0.2, 0) is 0 Å². The van der Waals surface area contributed by atoms with Gasteiger partial charge in [-0.3, -0.25) is 0 Å². The zero-order valence-corrected chi connectivity index (χ0v) is 7.20. The Morgan fingerprint density at radius 2 is 0.857 bits per heavy atom. The van der Waals surface area contributed by atoms with Gasteiger partial charge >= 0.3 is 0 Å². The highest BCUT2D eigenvalue weighted by molar-refractivity contribution is 14.1. The van der Waals surface area contributed by atoms with Crippen molar-refractivity contribution < 1.29 is 0 Å². The molecule has 0 aliphatic heterocycles. The molecule has 0 aromatic heterocycles. The largest absolute Gasteiger partial charge is 0.0533 e. The fraction of sp³-hybridized carbons (Fsp3) is 1.00. The number of hydrogen-bond donors (Lipinski definition) is 0. The highest BCUT2D eigenvalue weighted by Gasteiger charge is 1.95. The predicted octanol–water partition coefficient (Wildman–Crippen LogP) is 3.53. The fourth-order valence-electron chi connectivity index (χ4n) is 0.884. The maximum Gasteiger partial charge on any atom is 0.0425 e. The van der Waals surface area contributed by atoms with Crippen LogP contribution < -0.4 is 0 Å². The molecule has 0 N–H and O–H groups in total. The van der Waals surface area contributed by atoms with Crippen LogP contribution in [0.15, 0.2) is 0 Å². The topological polar surface area (TPSA) is 0 Å². The van der Waals surface area contributed by atoms with Crippen molar-refractivity contribution in [2.24, 2.45) is 0 Å². The van der Waals surface area contributed by atoms with Crippen LogP contribution in [0.5, 0.6) is 0 Å². The van der Waals surface area contributed by atoms with E-state index in [1.807, 2.05) is 0 Å². The Hall–Kier alpha value is 1.02. The lowest BCUT2D eigenvalue weighted by Crippen LogP contribution is -1.47. The number of hydrogen-bond acceptors (Lipinski definition) is 0. The first-order valence-corrected chi connectivity index (χ1v) is 5.37. The molecule has 0 unspecified atom stereocenters. The van der Waals surface area contributed by atoms with Crippen LogP contribution >= 0.6 is 30.4 Å². The average Bonchev–Trinajstić information content (AvgIpc) is 2.23. The molecule has 1 aliphatic carbocycles. The van der Waals surface area contributed by atoms with Crippen LogP contribution in [0, 0.1) is 0 Å². The van der Waals surface area contributed by atoms with Gasteiger partial charge in [-0.25, -0.2) is 0 Å². The van der Waals surface area contributed by atoms with Gasteiger partial charge in [0.25, 0.3) is 0 Å². The molecule has 44 valence electrons. The van der Waals surface area contributed by atoms with E-state index in [1.54, 1.807) is 21.5 Å². The molecule has 2 heteroatoms. The molecule has 0 amide bonds. The Morgan fingerprint density at radius 1 is 0.714 bits per heavy atom. The molecule has 1 saturated carbocycles. The van der Waals surface area contributed by atoms with E-state index < -0.39 is 0 Å². The first-order valence-electron chi connectivity index (χ1n) is 2.64. The van der Waals surface area contributed by atoms with E-state index in [-0.39, 0.29) is 0 Å². The van der Waals surface area contributed by atoms with Gasteiger partial charge in [0.1, 0.15) is 0 Å². The standard InChI is InChI=1S/C5H10.ClI/c1-2-4-5-3-1;1-2/h1-5H2;. The first kappa shape index (κ1) is 8.02. The Morgan fingerprint density at radius 3 is 1.00 bits per heavy atom. The zero-order chi connectivity index (χ0) is 5.54. The Balaban J connectivity index is 0.000000162. The minimum Gasteiger partial charge on any atom is -0.0533 e. The summed E-state index contributed by atoms with van der Waals surface area (Å²) in [4.78, 5) is 0. The van der Waals surface area contributed by atoms with Crippen LogP contribution in [0.25, 0.3) is 0 Å². The molecular formula is C5H10ClI. The van der Waals surface area contributed by atoms with Crippen LogP contribution in [0.4, 0.5) is 0 Å². The second-order valence-corrected chi connectivity index (χ2v) is 1.77. The van der Waals surface area contributed by atoms with Crippen molar-refractivity contribution in [3.05, 3.63) is 0 Å². The van der Waals surface area contributed by atoms with E-state index in [0.29, 0.717) is 0 Å². The van der Waals surface area contributed by atoms with Crippen molar-refractivity contribution >= 4 is 30.4 Å². The van der Waals surface area contributed by atoms with Gasteiger partial charge in [-0.05, 0) is 8.91 Å². The maximum absolute atomic E-state index is 4.61. The summed E-state index contributed by atoms with van der Waals surface area (Å²) >= 11 is 1.62. The summed E-state index contributed by atoms with van der Waals surface area (Å²) in [6.07, 6.45) is 7.50. The number of rotatable bonds is 0. The smallest absolute Gasteiger partial charge is 0.0425 e. The Kier molecular flexibility index (Phi) is 8.04. The summed E-state index contributed by atoms with van der Waals surface area (Å²) in [5.41, 5.74) is 0. The molecule has 0 atom stereocenters. The monoisotopic (exact) mass is 232 g/mol. The van der Waals surface area contributed by atoms with Gasteiger partial charge in [-0.2, -0.15) is 0 Å². The van der Waals surface area contributed by atoms with E-state index >= 15 is 0 Å². The Bertz CT molecular complexity index is 19.7. The van der Waals surface area contributed by atoms with E-state index in [1.165, 1.54) is 32.1 Å². The summed E-state index contributed by atoms with van der Waals surface area (Å²) in [5, 5.41) is 0. The van der Waals surface area contributed by atoms with Gasteiger partial charge < -0.3 is 0 Å². The number of halogens is 2. The molecule has 7 heavy (non-hydrogen) atoms. The molecule has 1 aliphatic rings. The normalized spacial score (nSPS) is 18.0. The summed E-state index contributed by atoms with van der Waals surface area (Å²) in [6.45, 7) is 0. The highest BCUT2D eigenvalue weighted by atomic mass is 127. The quantitative estimate of drug-likeness (QED) is 0.561. The molecule has 0 radical (unpaired) electrons. The van der Waals surface area contributed by atoms with Crippen molar-refractivity contribution in [2.75, 3.05) is 0 Å². The molecule has 0 nitrogen and oxygen atoms in total. The van der Waals surface area contributed by atoms with Gasteiger partial charge in [-0.15, -0.1) is 0 Å². The van der Waals surface area contributed by atoms with Gasteiger partial charge in [-0.1, -0.05) is 32.1 Å². The van der Waals surface area contributed by atoms with Crippen molar-refractivity contribution in [1.29, 1.82) is 0 Å². The Labute approximate surface area is 62.5 Å². The van der Waals surface area contributed by atoms with Crippen LogP contribution in [0.1, 0.15) is 32.1 Å². The second-order valence-electron chi connectivity index (χ2n) is 1.77. The SMILES string of the molecule is C1CCCC1.ClI. The van der Waals surface area contributed by atoms with Crippen molar-refractivity contribution in [2.45, 2.75) is 32.1 Å². The third-order valence-corrected chi connectivity index (χ3v) is 1.25. The van der Waals surface area contributed by atoms with E-state index in [2.05, 4.69) is 8.91 Å². The fourth-order valence-corrected chi connectivity index (χ4v) is 0.884. The van der Waals surface area contributed by atoms with Crippen molar-refractivity contribution in [3.63, 3.8) is 0 Å². The zero-order valence-electron chi connectivity index (χ0n) is 4.29. The van der Waals surface area contributed by atoms with Crippen molar-refractivity contribution in [3.8, 4) is 0 Å². The van der Waals surface area contributed by atoms with Crippen LogP contribution in [0.3, 0.4) is 0 Å². The van der Waals surface area contributed by atoms with Gasteiger partial charge in [0.05, 0.1) is 0 Å². The minimum atomic E-state index is 1.50. The van der Waals surface area contributed by atoms with E-state index in [9.17, 15) is 0 Å². The van der Waals surface area contributed by atoms with E-state index in [0.717, 1.165) is 0 Å². The molecule has 0 aromatic rings. The van der Waals surface area contributed by atoms with Gasteiger partial charge in [0.2, 0.25) is 0 Å². The second kappa shape index (κ2) is 7.02. The molecule has 0 spiro atoms. The average molecular weight is 232 g/mol. The maximum atomic E-state index is 4.61. The predicted molar refractivity (Wildman–Crippen MR) is 43.0 cm³/mol. The highest BCUT2D eigenvalue weighted by Crippen LogP contribution is 2.15. The third-order valence-electron chi connectivity index (χ3n) is 1.25. The summed E-state index contributed by atoms with van der Waals surface area (Å²) in [6, 6.07) is 0. The molecule has 0 aromatic carbocycles.